The molecule has 0 aromatic rings. The lowest BCUT2D eigenvalue weighted by molar-refractivity contribution is 0.00421. The lowest BCUT2D eigenvalue weighted by Gasteiger charge is -2.20. The average Bonchev–Trinajstić information content (AvgIpc) is 2.97. The molecule has 3 rings (SSSR count). The summed E-state index contributed by atoms with van der Waals surface area (Å²) in [4.78, 5) is 0. The van der Waals surface area contributed by atoms with E-state index in [-0.39, 0.29) is 18.8 Å². The number of nitrogens with one attached hydrogen (secondary N) is 1. The maximum Gasteiger partial charge on any atom is 0.248 e. The highest BCUT2D eigenvalue weighted by molar-refractivity contribution is 5.05. The molecule has 4 unspecified atom stereocenters. The average molecular weight is 257 g/mol. The SMILES string of the molecule is CNC(CC1CCC(F)(F)C1)C1C2CCCCC21. The van der Waals surface area contributed by atoms with E-state index in [0.29, 0.717) is 6.04 Å². The van der Waals surface area contributed by atoms with Crippen LogP contribution in [-0.2, 0) is 0 Å². The summed E-state index contributed by atoms with van der Waals surface area (Å²) in [6.45, 7) is 0. The van der Waals surface area contributed by atoms with Crippen LogP contribution in [0.25, 0.3) is 0 Å². The number of hydrogen-bond donors (Lipinski definition) is 1. The van der Waals surface area contributed by atoms with Gasteiger partial charge < -0.3 is 5.32 Å². The zero-order chi connectivity index (χ0) is 12.8. The van der Waals surface area contributed by atoms with Gasteiger partial charge in [0.15, 0.2) is 0 Å². The standard InChI is InChI=1S/C15H25F2N/c1-18-13(8-10-6-7-15(16,17)9-10)14-11-4-2-3-5-12(11)14/h10-14,18H,2-9H2,1H3. The van der Waals surface area contributed by atoms with Crippen molar-refractivity contribution in [2.75, 3.05) is 7.05 Å². The van der Waals surface area contributed by atoms with Crippen LogP contribution in [0, 0.1) is 23.7 Å². The van der Waals surface area contributed by atoms with E-state index in [0.717, 1.165) is 30.6 Å². The van der Waals surface area contributed by atoms with E-state index in [2.05, 4.69) is 5.32 Å². The Labute approximate surface area is 109 Å². The van der Waals surface area contributed by atoms with Crippen LogP contribution >= 0.6 is 0 Å². The Bertz CT molecular complexity index is 293. The van der Waals surface area contributed by atoms with Gasteiger partial charge in [-0.3, -0.25) is 0 Å². The summed E-state index contributed by atoms with van der Waals surface area (Å²) in [6.07, 6.45) is 7.49. The fourth-order valence-corrected chi connectivity index (χ4v) is 4.71. The molecule has 18 heavy (non-hydrogen) atoms. The second-order valence-electron chi connectivity index (χ2n) is 6.79. The first-order valence-electron chi connectivity index (χ1n) is 7.66. The molecule has 0 heterocycles. The Morgan fingerprint density at radius 3 is 2.33 bits per heavy atom. The number of rotatable bonds is 4. The van der Waals surface area contributed by atoms with Crippen molar-refractivity contribution >= 4 is 0 Å². The van der Waals surface area contributed by atoms with E-state index in [1.165, 1.54) is 25.7 Å². The largest absolute Gasteiger partial charge is 0.317 e. The van der Waals surface area contributed by atoms with Gasteiger partial charge in [-0.2, -0.15) is 0 Å². The van der Waals surface area contributed by atoms with Gasteiger partial charge in [0.2, 0.25) is 5.92 Å². The summed E-state index contributed by atoms with van der Waals surface area (Å²) in [5.41, 5.74) is 0. The van der Waals surface area contributed by atoms with Gasteiger partial charge in [0.05, 0.1) is 0 Å². The van der Waals surface area contributed by atoms with Crippen LogP contribution in [0.2, 0.25) is 0 Å². The smallest absolute Gasteiger partial charge is 0.248 e. The highest BCUT2D eigenvalue weighted by atomic mass is 19.3. The number of fused-ring (bicyclic) bond motifs is 1. The molecule has 3 aliphatic rings. The summed E-state index contributed by atoms with van der Waals surface area (Å²) in [5.74, 6) is 0.502. The van der Waals surface area contributed by atoms with Crippen LogP contribution in [0.15, 0.2) is 0 Å². The maximum atomic E-state index is 13.2. The molecule has 4 atom stereocenters. The van der Waals surface area contributed by atoms with E-state index in [4.69, 9.17) is 0 Å². The number of hydrogen-bond acceptors (Lipinski definition) is 1. The highest BCUT2D eigenvalue weighted by Crippen LogP contribution is 2.58. The van der Waals surface area contributed by atoms with Gasteiger partial charge in [-0.05, 0) is 56.4 Å². The van der Waals surface area contributed by atoms with Crippen LogP contribution in [0.5, 0.6) is 0 Å². The summed E-state index contributed by atoms with van der Waals surface area (Å²) in [5, 5.41) is 3.43. The molecular formula is C15H25F2N. The lowest BCUT2D eigenvalue weighted by atomic mass is 9.94. The third-order valence-corrected chi connectivity index (χ3v) is 5.65. The molecule has 0 spiro atoms. The fraction of sp³-hybridized carbons (Fsp3) is 1.00. The molecule has 0 aliphatic heterocycles. The van der Waals surface area contributed by atoms with E-state index in [1.54, 1.807) is 0 Å². The minimum atomic E-state index is -2.38. The van der Waals surface area contributed by atoms with Crippen molar-refractivity contribution in [3.05, 3.63) is 0 Å². The predicted octanol–water partition coefficient (Wildman–Crippen LogP) is 3.84. The van der Waals surface area contributed by atoms with Crippen molar-refractivity contribution in [3.63, 3.8) is 0 Å². The second-order valence-corrected chi connectivity index (χ2v) is 6.79. The molecule has 1 N–H and O–H groups in total. The Balaban J connectivity index is 1.54. The molecular weight excluding hydrogens is 232 g/mol. The molecule has 104 valence electrons. The zero-order valence-electron chi connectivity index (χ0n) is 11.3. The van der Waals surface area contributed by atoms with Crippen molar-refractivity contribution in [2.24, 2.45) is 23.7 Å². The summed E-state index contributed by atoms with van der Waals surface area (Å²) >= 11 is 0. The topological polar surface area (TPSA) is 12.0 Å². The normalized spacial score (nSPS) is 43.5. The van der Waals surface area contributed by atoms with Gasteiger partial charge in [-0.1, -0.05) is 12.8 Å². The van der Waals surface area contributed by atoms with Gasteiger partial charge in [0, 0.05) is 18.9 Å². The first-order valence-corrected chi connectivity index (χ1v) is 7.66. The monoisotopic (exact) mass is 257 g/mol. The molecule has 0 amide bonds. The second kappa shape index (κ2) is 4.73. The summed E-state index contributed by atoms with van der Waals surface area (Å²) < 4.78 is 26.5. The molecule has 0 radical (unpaired) electrons. The van der Waals surface area contributed by atoms with Crippen LogP contribution in [0.4, 0.5) is 8.78 Å². The van der Waals surface area contributed by atoms with E-state index < -0.39 is 5.92 Å². The summed E-state index contributed by atoms with van der Waals surface area (Å²) in [6, 6.07) is 0.497. The minimum absolute atomic E-state index is 0.117. The van der Waals surface area contributed by atoms with Gasteiger partial charge in [0.25, 0.3) is 0 Å². The Kier molecular flexibility index (Phi) is 3.38. The quantitative estimate of drug-likeness (QED) is 0.807. The molecule has 3 fully saturated rings. The maximum absolute atomic E-state index is 13.2. The van der Waals surface area contributed by atoms with Crippen LogP contribution in [0.1, 0.15) is 51.4 Å². The third-order valence-electron chi connectivity index (χ3n) is 5.65. The van der Waals surface area contributed by atoms with Gasteiger partial charge in [0.1, 0.15) is 0 Å². The number of alkyl halides is 2. The first kappa shape index (κ1) is 12.8. The molecule has 3 heteroatoms. The van der Waals surface area contributed by atoms with Gasteiger partial charge in [-0.15, -0.1) is 0 Å². The van der Waals surface area contributed by atoms with Crippen molar-refractivity contribution < 1.29 is 8.78 Å². The molecule has 0 bridgehead atoms. The van der Waals surface area contributed by atoms with E-state index >= 15 is 0 Å². The predicted molar refractivity (Wildman–Crippen MR) is 68.7 cm³/mol. The Morgan fingerprint density at radius 2 is 1.83 bits per heavy atom. The third kappa shape index (κ3) is 2.43. The summed E-state index contributed by atoms with van der Waals surface area (Å²) in [7, 11) is 2.02. The minimum Gasteiger partial charge on any atom is -0.317 e. The molecule has 0 aromatic carbocycles. The first-order chi connectivity index (χ1) is 8.61. The van der Waals surface area contributed by atoms with Crippen LogP contribution in [0.3, 0.4) is 0 Å². The van der Waals surface area contributed by atoms with Crippen molar-refractivity contribution in [2.45, 2.75) is 63.3 Å². The molecule has 0 saturated heterocycles. The van der Waals surface area contributed by atoms with E-state index in [1.807, 2.05) is 7.05 Å². The Hall–Kier alpha value is -0.180. The molecule has 0 aromatic heterocycles. The van der Waals surface area contributed by atoms with Crippen LogP contribution < -0.4 is 5.32 Å². The van der Waals surface area contributed by atoms with Crippen molar-refractivity contribution in [1.29, 1.82) is 0 Å². The molecule has 3 saturated carbocycles. The lowest BCUT2D eigenvalue weighted by Crippen LogP contribution is -2.31. The van der Waals surface area contributed by atoms with E-state index in [9.17, 15) is 8.78 Å². The highest BCUT2D eigenvalue weighted by Gasteiger charge is 2.54. The zero-order valence-corrected chi connectivity index (χ0v) is 11.3. The molecule has 1 nitrogen and oxygen atoms in total. The Morgan fingerprint density at radius 1 is 1.17 bits per heavy atom. The van der Waals surface area contributed by atoms with Crippen LogP contribution in [-0.4, -0.2) is 19.0 Å². The molecule has 3 aliphatic carbocycles. The van der Waals surface area contributed by atoms with Crippen molar-refractivity contribution in [3.8, 4) is 0 Å². The van der Waals surface area contributed by atoms with Gasteiger partial charge in [-0.25, -0.2) is 8.78 Å². The fourth-order valence-electron chi connectivity index (χ4n) is 4.71. The number of halogens is 2. The van der Waals surface area contributed by atoms with Crippen molar-refractivity contribution in [1.82, 2.24) is 5.32 Å². The van der Waals surface area contributed by atoms with Gasteiger partial charge >= 0.3 is 0 Å².